The lowest BCUT2D eigenvalue weighted by Crippen LogP contribution is -2.40. The van der Waals surface area contributed by atoms with Gasteiger partial charge in [-0.15, -0.1) is 0 Å². The zero-order valence-electron chi connectivity index (χ0n) is 19.1. The van der Waals surface area contributed by atoms with Crippen LogP contribution < -0.4 is 0 Å². The Morgan fingerprint density at radius 1 is 0.943 bits per heavy atom. The summed E-state index contributed by atoms with van der Waals surface area (Å²) in [5, 5.41) is 0. The van der Waals surface area contributed by atoms with E-state index in [4.69, 9.17) is 4.74 Å². The van der Waals surface area contributed by atoms with Crippen molar-refractivity contribution in [2.24, 2.45) is 0 Å². The summed E-state index contributed by atoms with van der Waals surface area (Å²) in [6, 6.07) is 14.0. The maximum absolute atomic E-state index is 13.6. The van der Waals surface area contributed by atoms with Crippen LogP contribution >= 0.6 is 0 Å². The zero-order valence-corrected chi connectivity index (χ0v) is 19.9. The Kier molecular flexibility index (Phi) is 6.83. The zero-order chi connectivity index (χ0) is 25.2. The van der Waals surface area contributed by atoms with Gasteiger partial charge in [-0.3, -0.25) is 23.6 Å². The minimum atomic E-state index is -4.12. The van der Waals surface area contributed by atoms with E-state index in [0.717, 1.165) is 9.21 Å². The smallest absolute Gasteiger partial charge is 0.331 e. The van der Waals surface area contributed by atoms with Crippen LogP contribution in [0.1, 0.15) is 48.5 Å². The number of unbranched alkanes of at least 4 members (excludes halogenated alkanes) is 1. The molecule has 2 aliphatic heterocycles. The second-order valence-corrected chi connectivity index (χ2v) is 9.98. The molecule has 0 radical (unpaired) electrons. The van der Waals surface area contributed by atoms with Crippen molar-refractivity contribution in [3.05, 3.63) is 71.4 Å². The molecular formula is C25H24N2O7S. The van der Waals surface area contributed by atoms with Gasteiger partial charge in [0.1, 0.15) is 12.2 Å². The SMILES string of the molecule is CCCCN1C(C(=O)c2ccccc2)=C(OC(=O)CN2C(=O)CCC2=O)c2ccccc2S1(=O)=O. The first-order valence-electron chi connectivity index (χ1n) is 11.3. The number of imide groups is 1. The molecule has 35 heavy (non-hydrogen) atoms. The highest BCUT2D eigenvalue weighted by atomic mass is 32.2. The molecule has 182 valence electrons. The molecule has 2 aliphatic rings. The molecule has 1 saturated heterocycles. The van der Waals surface area contributed by atoms with Gasteiger partial charge in [-0.1, -0.05) is 55.8 Å². The van der Waals surface area contributed by atoms with E-state index in [9.17, 15) is 27.6 Å². The quantitative estimate of drug-likeness (QED) is 0.313. The van der Waals surface area contributed by atoms with E-state index in [-0.39, 0.29) is 46.9 Å². The molecule has 4 rings (SSSR count). The Morgan fingerprint density at radius 3 is 2.23 bits per heavy atom. The van der Waals surface area contributed by atoms with Gasteiger partial charge >= 0.3 is 5.97 Å². The Hall–Kier alpha value is -3.79. The number of esters is 1. The Balaban J connectivity index is 1.85. The molecule has 0 unspecified atom stereocenters. The molecule has 0 aliphatic carbocycles. The van der Waals surface area contributed by atoms with E-state index >= 15 is 0 Å². The van der Waals surface area contributed by atoms with Gasteiger partial charge < -0.3 is 4.74 Å². The highest BCUT2D eigenvalue weighted by Gasteiger charge is 2.42. The third-order valence-electron chi connectivity index (χ3n) is 5.79. The van der Waals surface area contributed by atoms with Gasteiger partial charge in [0.2, 0.25) is 17.6 Å². The second-order valence-electron chi connectivity index (χ2n) is 8.15. The van der Waals surface area contributed by atoms with Crippen molar-refractivity contribution < 1.29 is 32.3 Å². The van der Waals surface area contributed by atoms with Crippen LogP contribution in [-0.4, -0.2) is 54.3 Å². The third kappa shape index (κ3) is 4.61. The normalized spacial score (nSPS) is 16.9. The van der Waals surface area contributed by atoms with Crippen molar-refractivity contribution in [1.82, 2.24) is 9.21 Å². The standard InChI is InChI=1S/C25H24N2O7S/c1-2-3-15-27-23(24(31)17-9-5-4-6-10-17)25(18-11-7-8-12-19(18)35(27,32)33)34-22(30)16-26-20(28)13-14-21(26)29/h4-12H,2-3,13-16H2,1H3. The minimum absolute atomic E-state index is 0.00518. The maximum Gasteiger partial charge on any atom is 0.331 e. The molecule has 0 bridgehead atoms. The van der Waals surface area contributed by atoms with E-state index in [1.165, 1.54) is 12.1 Å². The molecule has 2 heterocycles. The van der Waals surface area contributed by atoms with Crippen molar-refractivity contribution >= 4 is 39.3 Å². The van der Waals surface area contributed by atoms with Crippen molar-refractivity contribution in [2.45, 2.75) is 37.5 Å². The van der Waals surface area contributed by atoms with Crippen LogP contribution in [0.5, 0.6) is 0 Å². The number of likely N-dealkylation sites (tertiary alicyclic amines) is 1. The van der Waals surface area contributed by atoms with Crippen molar-refractivity contribution in [1.29, 1.82) is 0 Å². The number of amides is 2. The van der Waals surface area contributed by atoms with Gasteiger partial charge in [-0.2, -0.15) is 0 Å². The van der Waals surface area contributed by atoms with Crippen LogP contribution in [0.3, 0.4) is 0 Å². The first kappa shape index (κ1) is 24.3. The lowest BCUT2D eigenvalue weighted by atomic mass is 10.0. The number of ketones is 1. The predicted molar refractivity (Wildman–Crippen MR) is 125 cm³/mol. The first-order chi connectivity index (χ1) is 16.8. The Bertz CT molecular complexity index is 1320. The molecule has 2 amide bonds. The molecule has 0 atom stereocenters. The highest BCUT2D eigenvalue weighted by Crippen LogP contribution is 2.39. The molecule has 0 N–H and O–H groups in total. The van der Waals surface area contributed by atoms with Crippen LogP contribution in [0.25, 0.3) is 5.76 Å². The first-order valence-corrected chi connectivity index (χ1v) is 12.7. The summed E-state index contributed by atoms with van der Waals surface area (Å²) in [4.78, 5) is 51.2. The fourth-order valence-electron chi connectivity index (χ4n) is 4.01. The topological polar surface area (TPSA) is 118 Å². The van der Waals surface area contributed by atoms with E-state index in [1.54, 1.807) is 42.5 Å². The van der Waals surface area contributed by atoms with E-state index in [2.05, 4.69) is 0 Å². The summed E-state index contributed by atoms with van der Waals surface area (Å²) in [7, 11) is -4.12. The number of sulfonamides is 1. The van der Waals surface area contributed by atoms with Gasteiger partial charge in [0.15, 0.2) is 5.76 Å². The van der Waals surface area contributed by atoms with Gasteiger partial charge in [-0.05, 0) is 18.6 Å². The van der Waals surface area contributed by atoms with Gasteiger partial charge in [0, 0.05) is 30.5 Å². The van der Waals surface area contributed by atoms with Gasteiger partial charge in [0.25, 0.3) is 10.0 Å². The molecule has 2 aromatic carbocycles. The maximum atomic E-state index is 13.6. The Labute approximate surface area is 203 Å². The molecule has 0 aromatic heterocycles. The van der Waals surface area contributed by atoms with Crippen LogP contribution in [0.2, 0.25) is 0 Å². The Morgan fingerprint density at radius 2 is 1.57 bits per heavy atom. The van der Waals surface area contributed by atoms with Gasteiger partial charge in [0.05, 0.1) is 4.90 Å². The molecule has 9 nitrogen and oxygen atoms in total. The molecule has 2 aromatic rings. The number of rotatable bonds is 8. The monoisotopic (exact) mass is 496 g/mol. The number of fused-ring (bicyclic) bond motifs is 1. The highest BCUT2D eigenvalue weighted by molar-refractivity contribution is 7.89. The van der Waals surface area contributed by atoms with Crippen molar-refractivity contribution in [2.75, 3.05) is 13.1 Å². The second kappa shape index (κ2) is 9.83. The lowest BCUT2D eigenvalue weighted by molar-refractivity contribution is -0.148. The average Bonchev–Trinajstić information content (AvgIpc) is 3.17. The summed E-state index contributed by atoms with van der Waals surface area (Å²) in [6.45, 7) is 1.26. The van der Waals surface area contributed by atoms with Crippen LogP contribution in [0.15, 0.2) is 65.2 Å². The van der Waals surface area contributed by atoms with Crippen LogP contribution in [0.4, 0.5) is 0 Å². The molecule has 0 saturated carbocycles. The largest absolute Gasteiger partial charge is 0.422 e. The number of carbonyl (C=O) groups is 4. The third-order valence-corrected chi connectivity index (χ3v) is 7.65. The minimum Gasteiger partial charge on any atom is -0.422 e. The number of ether oxygens (including phenoxy) is 1. The van der Waals surface area contributed by atoms with E-state index in [1.807, 2.05) is 6.92 Å². The fourth-order valence-corrected chi connectivity index (χ4v) is 5.72. The number of Topliss-reactive ketones (excluding diaryl/α,β-unsaturated/α-hetero) is 1. The molecular weight excluding hydrogens is 472 g/mol. The number of allylic oxidation sites excluding steroid dienone is 1. The number of hydrogen-bond donors (Lipinski definition) is 0. The van der Waals surface area contributed by atoms with Crippen LogP contribution in [0, 0.1) is 0 Å². The summed E-state index contributed by atoms with van der Waals surface area (Å²) < 4.78 is 33.7. The summed E-state index contributed by atoms with van der Waals surface area (Å²) >= 11 is 0. The fraction of sp³-hybridized carbons (Fsp3) is 0.280. The van der Waals surface area contributed by atoms with Crippen molar-refractivity contribution in [3.8, 4) is 0 Å². The average molecular weight is 497 g/mol. The van der Waals surface area contributed by atoms with Crippen LogP contribution in [-0.2, 0) is 29.1 Å². The van der Waals surface area contributed by atoms with Crippen molar-refractivity contribution in [3.63, 3.8) is 0 Å². The summed E-state index contributed by atoms with van der Waals surface area (Å²) in [5.41, 5.74) is -0.000225. The van der Waals surface area contributed by atoms with E-state index < -0.39 is 40.1 Å². The number of benzene rings is 2. The lowest BCUT2D eigenvalue weighted by Gasteiger charge is -2.33. The number of hydrogen-bond acceptors (Lipinski definition) is 7. The van der Waals surface area contributed by atoms with Gasteiger partial charge in [-0.25, -0.2) is 13.2 Å². The number of nitrogens with zero attached hydrogens (tertiary/aromatic N) is 2. The summed E-state index contributed by atoms with van der Waals surface area (Å²) in [6.07, 6.45) is 1.15. The summed E-state index contributed by atoms with van der Waals surface area (Å²) in [5.74, 6) is -2.78. The molecule has 0 spiro atoms. The molecule has 10 heteroatoms. The van der Waals surface area contributed by atoms with E-state index in [0.29, 0.717) is 12.8 Å². The molecule has 1 fully saturated rings. The predicted octanol–water partition coefficient (Wildman–Crippen LogP) is 2.73. The number of carbonyl (C=O) groups excluding carboxylic acids is 4.